The summed E-state index contributed by atoms with van der Waals surface area (Å²) in [7, 11) is 0. The van der Waals surface area contributed by atoms with E-state index in [0.717, 1.165) is 18.4 Å². The van der Waals surface area contributed by atoms with Gasteiger partial charge in [-0.1, -0.05) is 30.0 Å². The zero-order valence-electron chi connectivity index (χ0n) is 9.94. The van der Waals surface area contributed by atoms with Crippen molar-refractivity contribution in [3.63, 3.8) is 0 Å². The van der Waals surface area contributed by atoms with Crippen molar-refractivity contribution in [2.24, 2.45) is 11.3 Å². The van der Waals surface area contributed by atoms with Gasteiger partial charge in [-0.05, 0) is 37.8 Å². The summed E-state index contributed by atoms with van der Waals surface area (Å²) in [6.45, 7) is 1.81. The van der Waals surface area contributed by atoms with Gasteiger partial charge in [-0.2, -0.15) is 0 Å². The maximum Gasteiger partial charge on any atom is 0.310 e. The van der Waals surface area contributed by atoms with Crippen LogP contribution in [0.5, 0.6) is 0 Å². The molecule has 88 valence electrons. The standard InChI is InChI=1S/C15H16O2/c1-15(14(16)17,13-9-10-13)11-5-8-12-6-3-2-4-7-12/h2-4,6-7,13H,9-11H2,1H3,(H,16,17). The number of carboxylic acid groups (broad SMARTS) is 1. The lowest BCUT2D eigenvalue weighted by Gasteiger charge is -2.21. The minimum absolute atomic E-state index is 0.310. The minimum atomic E-state index is -0.720. The molecule has 1 atom stereocenters. The predicted octanol–water partition coefficient (Wildman–Crippen LogP) is 2.93. The fourth-order valence-electron chi connectivity index (χ4n) is 1.97. The van der Waals surface area contributed by atoms with E-state index in [-0.39, 0.29) is 0 Å². The lowest BCUT2D eigenvalue weighted by molar-refractivity contribution is -0.148. The van der Waals surface area contributed by atoms with Gasteiger partial charge in [0.1, 0.15) is 0 Å². The SMILES string of the molecule is CC(CC#Cc1ccccc1)(C(=O)O)C1CC1. The Bertz CT molecular complexity index is 463. The van der Waals surface area contributed by atoms with Gasteiger partial charge in [0.05, 0.1) is 5.41 Å². The highest BCUT2D eigenvalue weighted by molar-refractivity contribution is 5.75. The number of hydrogen-bond acceptors (Lipinski definition) is 1. The largest absolute Gasteiger partial charge is 0.481 e. The number of carboxylic acids is 1. The molecule has 2 nitrogen and oxygen atoms in total. The molecule has 1 fully saturated rings. The van der Waals surface area contributed by atoms with Crippen LogP contribution >= 0.6 is 0 Å². The lowest BCUT2D eigenvalue weighted by atomic mass is 9.82. The zero-order chi connectivity index (χ0) is 12.3. The first-order valence-electron chi connectivity index (χ1n) is 5.90. The third-order valence-corrected chi connectivity index (χ3v) is 3.43. The second-order valence-electron chi connectivity index (χ2n) is 4.84. The molecule has 0 bridgehead atoms. The van der Waals surface area contributed by atoms with Crippen molar-refractivity contribution < 1.29 is 9.90 Å². The van der Waals surface area contributed by atoms with E-state index in [4.69, 9.17) is 0 Å². The van der Waals surface area contributed by atoms with Crippen molar-refractivity contribution in [2.75, 3.05) is 0 Å². The van der Waals surface area contributed by atoms with E-state index in [0.29, 0.717) is 12.3 Å². The van der Waals surface area contributed by atoms with Crippen LogP contribution in [0.4, 0.5) is 0 Å². The van der Waals surface area contributed by atoms with Gasteiger partial charge in [0, 0.05) is 12.0 Å². The predicted molar refractivity (Wildman–Crippen MR) is 66.4 cm³/mol. The number of rotatable bonds is 3. The number of benzene rings is 1. The topological polar surface area (TPSA) is 37.3 Å². The molecule has 0 aromatic heterocycles. The van der Waals surface area contributed by atoms with Crippen LogP contribution in [0.25, 0.3) is 0 Å². The quantitative estimate of drug-likeness (QED) is 0.808. The molecular formula is C15H16O2. The van der Waals surface area contributed by atoms with Gasteiger partial charge in [0.25, 0.3) is 0 Å². The van der Waals surface area contributed by atoms with Gasteiger partial charge < -0.3 is 5.11 Å². The Kier molecular flexibility index (Phi) is 3.19. The van der Waals surface area contributed by atoms with Crippen molar-refractivity contribution in [3.8, 4) is 11.8 Å². The molecule has 1 aliphatic carbocycles. The van der Waals surface area contributed by atoms with E-state index in [1.54, 1.807) is 0 Å². The molecule has 0 heterocycles. The fraction of sp³-hybridized carbons (Fsp3) is 0.400. The Morgan fingerprint density at radius 2 is 2.06 bits per heavy atom. The van der Waals surface area contributed by atoms with Crippen LogP contribution in [0.15, 0.2) is 30.3 Å². The Morgan fingerprint density at radius 1 is 1.41 bits per heavy atom. The summed E-state index contributed by atoms with van der Waals surface area (Å²) in [6, 6.07) is 9.67. The van der Waals surface area contributed by atoms with Crippen LogP contribution in [-0.2, 0) is 4.79 Å². The van der Waals surface area contributed by atoms with Crippen molar-refractivity contribution in [1.82, 2.24) is 0 Å². The molecule has 0 radical (unpaired) electrons. The van der Waals surface area contributed by atoms with Crippen molar-refractivity contribution >= 4 is 5.97 Å². The lowest BCUT2D eigenvalue weighted by Crippen LogP contribution is -2.29. The van der Waals surface area contributed by atoms with Gasteiger partial charge >= 0.3 is 5.97 Å². The Labute approximate surface area is 102 Å². The van der Waals surface area contributed by atoms with Crippen LogP contribution < -0.4 is 0 Å². The Morgan fingerprint density at radius 3 is 2.59 bits per heavy atom. The average molecular weight is 228 g/mol. The summed E-state index contributed by atoms with van der Waals surface area (Å²) < 4.78 is 0. The van der Waals surface area contributed by atoms with Crippen molar-refractivity contribution in [2.45, 2.75) is 26.2 Å². The summed E-state index contributed by atoms with van der Waals surface area (Å²) in [5.74, 6) is 5.63. The molecule has 1 saturated carbocycles. The van der Waals surface area contributed by atoms with Gasteiger partial charge in [-0.25, -0.2) is 0 Å². The molecule has 2 heteroatoms. The van der Waals surface area contributed by atoms with E-state index in [1.165, 1.54) is 0 Å². The maximum absolute atomic E-state index is 11.3. The summed E-state index contributed by atoms with van der Waals surface area (Å²) in [6.07, 6.45) is 2.48. The van der Waals surface area contributed by atoms with Crippen molar-refractivity contribution in [1.29, 1.82) is 0 Å². The molecule has 0 amide bonds. The van der Waals surface area contributed by atoms with Gasteiger partial charge in [-0.3, -0.25) is 4.79 Å². The first kappa shape index (κ1) is 11.7. The van der Waals surface area contributed by atoms with Crippen LogP contribution in [0.2, 0.25) is 0 Å². The monoisotopic (exact) mass is 228 g/mol. The van der Waals surface area contributed by atoms with Crippen LogP contribution in [0.3, 0.4) is 0 Å². The minimum Gasteiger partial charge on any atom is -0.481 e. The van der Waals surface area contributed by atoms with Crippen molar-refractivity contribution in [3.05, 3.63) is 35.9 Å². The molecular weight excluding hydrogens is 212 g/mol. The Balaban J connectivity index is 2.06. The van der Waals surface area contributed by atoms with Gasteiger partial charge in [0.2, 0.25) is 0 Å². The molecule has 0 aliphatic heterocycles. The van der Waals surface area contributed by atoms with Crippen LogP contribution in [0, 0.1) is 23.2 Å². The second-order valence-corrected chi connectivity index (χ2v) is 4.84. The molecule has 1 aromatic rings. The molecule has 0 saturated heterocycles. The van der Waals surface area contributed by atoms with E-state index >= 15 is 0 Å². The Hall–Kier alpha value is -1.75. The van der Waals surface area contributed by atoms with E-state index in [9.17, 15) is 9.90 Å². The summed E-state index contributed by atoms with van der Waals surface area (Å²) in [5.41, 5.74) is 0.276. The average Bonchev–Trinajstić information content (AvgIpc) is 3.14. The van der Waals surface area contributed by atoms with Crippen LogP contribution in [0.1, 0.15) is 31.7 Å². The third-order valence-electron chi connectivity index (χ3n) is 3.43. The summed E-state index contributed by atoms with van der Waals surface area (Å²) in [5, 5.41) is 9.27. The molecule has 1 aromatic carbocycles. The number of hydrogen-bond donors (Lipinski definition) is 1. The van der Waals surface area contributed by atoms with Crippen LogP contribution in [-0.4, -0.2) is 11.1 Å². The normalized spacial score (nSPS) is 17.7. The zero-order valence-corrected chi connectivity index (χ0v) is 9.94. The molecule has 1 aliphatic rings. The molecule has 1 unspecified atom stereocenters. The van der Waals surface area contributed by atoms with E-state index in [2.05, 4.69) is 11.8 Å². The fourth-order valence-corrected chi connectivity index (χ4v) is 1.97. The number of carbonyl (C=O) groups is 1. The highest BCUT2D eigenvalue weighted by atomic mass is 16.4. The number of aliphatic carboxylic acids is 1. The summed E-state index contributed by atoms with van der Waals surface area (Å²) >= 11 is 0. The highest BCUT2D eigenvalue weighted by Crippen LogP contribution is 2.47. The van der Waals surface area contributed by atoms with E-state index in [1.807, 2.05) is 37.3 Å². The molecule has 17 heavy (non-hydrogen) atoms. The second kappa shape index (κ2) is 4.63. The summed E-state index contributed by atoms with van der Waals surface area (Å²) in [4.78, 5) is 11.3. The molecule has 1 N–H and O–H groups in total. The highest BCUT2D eigenvalue weighted by Gasteiger charge is 2.46. The van der Waals surface area contributed by atoms with E-state index < -0.39 is 11.4 Å². The van der Waals surface area contributed by atoms with Gasteiger partial charge in [0.15, 0.2) is 0 Å². The molecule has 0 spiro atoms. The third kappa shape index (κ3) is 2.68. The molecule has 2 rings (SSSR count). The first-order valence-corrected chi connectivity index (χ1v) is 5.90. The first-order chi connectivity index (χ1) is 8.13. The van der Waals surface area contributed by atoms with Gasteiger partial charge in [-0.15, -0.1) is 0 Å². The smallest absolute Gasteiger partial charge is 0.310 e. The maximum atomic E-state index is 11.3.